The van der Waals surface area contributed by atoms with Crippen molar-refractivity contribution >= 4 is 24.5 Å². The molecule has 0 amide bonds. The summed E-state index contributed by atoms with van der Waals surface area (Å²) in [4.78, 5) is 21.0. The zero-order valence-corrected chi connectivity index (χ0v) is 11.3. The fourth-order valence-electron chi connectivity index (χ4n) is 1.76. The van der Waals surface area contributed by atoms with E-state index in [1.807, 2.05) is 0 Å². The molecule has 0 saturated heterocycles. The summed E-state index contributed by atoms with van der Waals surface area (Å²) in [5.74, 6) is 0.440. The molecule has 0 aliphatic rings. The Bertz CT molecular complexity index is 659. The number of carboxylic acid groups (broad SMARTS) is 2. The molecule has 0 heterocycles. The van der Waals surface area contributed by atoms with Gasteiger partial charge in [-0.15, -0.1) is 0 Å². The molecule has 22 heavy (non-hydrogen) atoms. The van der Waals surface area contributed by atoms with Gasteiger partial charge >= 0.3 is 12.3 Å². The molecule has 0 radical (unpaired) electrons. The second kappa shape index (κ2) is 6.94. The van der Waals surface area contributed by atoms with E-state index in [2.05, 4.69) is 9.47 Å². The first-order valence-corrected chi connectivity index (χ1v) is 6.23. The van der Waals surface area contributed by atoms with Crippen LogP contribution in [0.15, 0.2) is 48.5 Å². The van der Waals surface area contributed by atoms with Crippen molar-refractivity contribution in [2.45, 2.75) is 0 Å². The van der Waals surface area contributed by atoms with Gasteiger partial charge in [0, 0.05) is 0 Å². The quantitative estimate of drug-likeness (QED) is 0.504. The Morgan fingerprint density at radius 2 is 1.18 bits per heavy atom. The molecule has 2 aromatic rings. The fraction of sp³-hybridized carbons (Fsp3) is 0. The van der Waals surface area contributed by atoms with Gasteiger partial charge in [-0.3, -0.25) is 0 Å². The van der Waals surface area contributed by atoms with Gasteiger partial charge in [-0.25, -0.2) is 9.59 Å². The van der Waals surface area contributed by atoms with Crippen LogP contribution in [0.1, 0.15) is 11.1 Å². The fourth-order valence-corrected chi connectivity index (χ4v) is 1.76. The molecule has 6 nitrogen and oxygen atoms in total. The normalized spacial score (nSPS) is 10.4. The van der Waals surface area contributed by atoms with Crippen LogP contribution in [0, 0.1) is 0 Å². The predicted octanol–water partition coefficient (Wildman–Crippen LogP) is 3.97. The highest BCUT2D eigenvalue weighted by atomic mass is 16.7. The van der Waals surface area contributed by atoms with Crippen molar-refractivity contribution < 1.29 is 29.3 Å². The van der Waals surface area contributed by atoms with Crippen molar-refractivity contribution in [2.75, 3.05) is 0 Å². The lowest BCUT2D eigenvalue weighted by molar-refractivity contribution is 0.143. The third kappa shape index (κ3) is 4.68. The summed E-state index contributed by atoms with van der Waals surface area (Å²) in [5.41, 5.74) is 1.48. The Labute approximate surface area is 125 Å². The zero-order chi connectivity index (χ0) is 15.9. The Hall–Kier alpha value is -3.28. The number of benzene rings is 2. The highest BCUT2D eigenvalue weighted by molar-refractivity contribution is 5.72. The number of carbonyl (C=O) groups is 2. The molecule has 0 aromatic heterocycles. The van der Waals surface area contributed by atoms with Crippen molar-refractivity contribution in [3.05, 3.63) is 59.7 Å². The van der Waals surface area contributed by atoms with Crippen LogP contribution in [0.25, 0.3) is 12.2 Å². The molecule has 2 aromatic carbocycles. The molecule has 0 fully saturated rings. The Kier molecular flexibility index (Phi) is 4.77. The molecule has 0 atom stereocenters. The van der Waals surface area contributed by atoms with Gasteiger partial charge in [-0.1, -0.05) is 36.4 Å². The highest BCUT2D eigenvalue weighted by Crippen LogP contribution is 2.18. The average molecular weight is 300 g/mol. The molecule has 112 valence electrons. The minimum atomic E-state index is -1.38. The first kappa shape index (κ1) is 15.1. The molecule has 0 unspecified atom stereocenters. The lowest BCUT2D eigenvalue weighted by Crippen LogP contribution is -2.02. The van der Waals surface area contributed by atoms with Crippen LogP contribution in [0.2, 0.25) is 0 Å². The smallest absolute Gasteiger partial charge is 0.449 e. The molecular formula is C16H12O6. The summed E-state index contributed by atoms with van der Waals surface area (Å²) in [6.45, 7) is 0. The predicted molar refractivity (Wildman–Crippen MR) is 79.1 cm³/mol. The van der Waals surface area contributed by atoms with E-state index in [0.717, 1.165) is 11.1 Å². The molecule has 0 aliphatic carbocycles. The molecule has 2 N–H and O–H groups in total. The summed E-state index contributed by atoms with van der Waals surface area (Å²) in [7, 11) is 0. The van der Waals surface area contributed by atoms with E-state index in [0.29, 0.717) is 0 Å². The molecule has 0 aliphatic heterocycles. The molecule has 0 bridgehead atoms. The van der Waals surface area contributed by atoms with Crippen molar-refractivity contribution in [2.24, 2.45) is 0 Å². The van der Waals surface area contributed by atoms with Gasteiger partial charge in [-0.05, 0) is 35.4 Å². The van der Waals surface area contributed by atoms with Crippen LogP contribution in [-0.4, -0.2) is 22.5 Å². The maximum absolute atomic E-state index is 10.5. The van der Waals surface area contributed by atoms with E-state index in [-0.39, 0.29) is 11.5 Å². The highest BCUT2D eigenvalue weighted by Gasteiger charge is 2.02. The molecule has 2 rings (SSSR count). The van der Waals surface area contributed by atoms with Crippen LogP contribution >= 0.6 is 0 Å². The monoisotopic (exact) mass is 300 g/mol. The molecule has 0 spiro atoms. The van der Waals surface area contributed by atoms with Gasteiger partial charge in [0.2, 0.25) is 0 Å². The van der Waals surface area contributed by atoms with E-state index in [1.54, 1.807) is 48.6 Å². The van der Waals surface area contributed by atoms with Crippen LogP contribution in [0.4, 0.5) is 9.59 Å². The van der Waals surface area contributed by atoms with Gasteiger partial charge in [0.05, 0.1) is 0 Å². The summed E-state index contributed by atoms with van der Waals surface area (Å²) >= 11 is 0. The summed E-state index contributed by atoms with van der Waals surface area (Å²) in [5, 5.41) is 17.1. The molecular weight excluding hydrogens is 288 g/mol. The van der Waals surface area contributed by atoms with E-state index in [1.165, 1.54) is 12.1 Å². The second-order valence-corrected chi connectivity index (χ2v) is 4.21. The van der Waals surface area contributed by atoms with Crippen LogP contribution in [-0.2, 0) is 0 Å². The second-order valence-electron chi connectivity index (χ2n) is 4.21. The number of rotatable bonds is 4. The first-order chi connectivity index (χ1) is 10.5. The van der Waals surface area contributed by atoms with Crippen LogP contribution < -0.4 is 9.47 Å². The summed E-state index contributed by atoms with van der Waals surface area (Å²) < 4.78 is 9.13. The number of ether oxygens (including phenoxy) is 2. The zero-order valence-electron chi connectivity index (χ0n) is 11.3. The lowest BCUT2D eigenvalue weighted by atomic mass is 10.1. The maximum atomic E-state index is 10.5. The van der Waals surface area contributed by atoms with Crippen molar-refractivity contribution in [3.8, 4) is 11.5 Å². The van der Waals surface area contributed by atoms with Crippen LogP contribution in [0.5, 0.6) is 11.5 Å². The van der Waals surface area contributed by atoms with E-state index in [9.17, 15) is 9.59 Å². The van der Waals surface area contributed by atoms with Gasteiger partial charge in [0.1, 0.15) is 11.5 Å². The lowest BCUT2D eigenvalue weighted by Gasteiger charge is -2.02. The van der Waals surface area contributed by atoms with E-state index in [4.69, 9.17) is 10.2 Å². The van der Waals surface area contributed by atoms with Gasteiger partial charge < -0.3 is 19.7 Å². The third-order valence-electron chi connectivity index (χ3n) is 2.59. The molecule has 0 saturated carbocycles. The Balaban J connectivity index is 2.14. The maximum Gasteiger partial charge on any atom is 0.511 e. The summed E-state index contributed by atoms with van der Waals surface area (Å²) in [6, 6.07) is 13.1. The first-order valence-electron chi connectivity index (χ1n) is 6.23. The summed E-state index contributed by atoms with van der Waals surface area (Å²) in [6.07, 6.45) is 0.739. The van der Waals surface area contributed by atoms with E-state index >= 15 is 0 Å². The average Bonchev–Trinajstić information content (AvgIpc) is 2.44. The van der Waals surface area contributed by atoms with Crippen molar-refractivity contribution in [1.29, 1.82) is 0 Å². The number of hydrogen-bond acceptors (Lipinski definition) is 4. The Morgan fingerprint density at radius 1 is 0.773 bits per heavy atom. The Morgan fingerprint density at radius 3 is 1.55 bits per heavy atom. The van der Waals surface area contributed by atoms with Gasteiger partial charge in [0.25, 0.3) is 0 Å². The molecule has 6 heteroatoms. The van der Waals surface area contributed by atoms with Gasteiger partial charge in [0.15, 0.2) is 0 Å². The van der Waals surface area contributed by atoms with Crippen LogP contribution in [0.3, 0.4) is 0 Å². The van der Waals surface area contributed by atoms with Gasteiger partial charge in [-0.2, -0.15) is 0 Å². The SMILES string of the molecule is O=C(O)Oc1cccc(C=Cc2cccc(OC(=O)O)c2)c1. The minimum Gasteiger partial charge on any atom is -0.449 e. The minimum absolute atomic E-state index is 0.220. The largest absolute Gasteiger partial charge is 0.511 e. The standard InChI is InChI=1S/C16H12O6/c17-15(18)21-13-5-1-3-11(9-13)7-8-12-4-2-6-14(10-12)22-16(19)20/h1-10H,(H,17,18)(H,19,20). The number of hydrogen-bond donors (Lipinski definition) is 2. The topological polar surface area (TPSA) is 93.1 Å². The van der Waals surface area contributed by atoms with Crippen molar-refractivity contribution in [3.63, 3.8) is 0 Å². The van der Waals surface area contributed by atoms with E-state index < -0.39 is 12.3 Å². The third-order valence-corrected chi connectivity index (χ3v) is 2.59. The van der Waals surface area contributed by atoms with Crippen molar-refractivity contribution in [1.82, 2.24) is 0 Å².